The van der Waals surface area contributed by atoms with E-state index < -0.39 is 0 Å². The molecule has 0 spiro atoms. The van der Waals surface area contributed by atoms with Crippen LogP contribution in [0.4, 0.5) is 4.39 Å². The highest BCUT2D eigenvalue weighted by molar-refractivity contribution is 5.24. The Labute approximate surface area is 110 Å². The van der Waals surface area contributed by atoms with E-state index in [1.807, 2.05) is 6.07 Å². The fourth-order valence-electron chi connectivity index (χ4n) is 2.65. The molecule has 0 aliphatic rings. The van der Waals surface area contributed by atoms with E-state index in [9.17, 15) is 4.39 Å². The molecule has 102 valence electrons. The van der Waals surface area contributed by atoms with E-state index in [2.05, 4.69) is 32.6 Å². The minimum Gasteiger partial charge on any atom is -0.322 e. The summed E-state index contributed by atoms with van der Waals surface area (Å²) in [6, 6.07) is 6.50. The largest absolute Gasteiger partial charge is 0.322 e. The molecule has 1 rings (SSSR count). The Bertz CT molecular complexity index is 377. The highest BCUT2D eigenvalue weighted by Gasteiger charge is 2.36. The second-order valence-electron chi connectivity index (χ2n) is 4.88. The first-order chi connectivity index (χ1) is 8.51. The van der Waals surface area contributed by atoms with Crippen LogP contribution in [0.2, 0.25) is 0 Å². The molecule has 0 aliphatic heterocycles. The molecule has 2 unspecified atom stereocenters. The Morgan fingerprint density at radius 1 is 1.22 bits per heavy atom. The van der Waals surface area contributed by atoms with Crippen molar-refractivity contribution in [2.75, 3.05) is 13.1 Å². The van der Waals surface area contributed by atoms with E-state index in [0.717, 1.165) is 19.5 Å². The lowest BCUT2D eigenvalue weighted by molar-refractivity contribution is 0.0832. The van der Waals surface area contributed by atoms with Crippen molar-refractivity contribution in [1.82, 2.24) is 4.90 Å². The monoisotopic (exact) mass is 252 g/mol. The van der Waals surface area contributed by atoms with Crippen molar-refractivity contribution in [3.63, 3.8) is 0 Å². The van der Waals surface area contributed by atoms with Gasteiger partial charge >= 0.3 is 0 Å². The van der Waals surface area contributed by atoms with E-state index >= 15 is 0 Å². The highest BCUT2D eigenvalue weighted by Crippen LogP contribution is 2.33. The van der Waals surface area contributed by atoms with Gasteiger partial charge in [0, 0.05) is 11.1 Å². The number of nitrogens with two attached hydrogens (primary N) is 1. The first-order valence-electron chi connectivity index (χ1n) is 6.76. The van der Waals surface area contributed by atoms with Crippen molar-refractivity contribution in [3.8, 4) is 0 Å². The van der Waals surface area contributed by atoms with E-state index in [4.69, 9.17) is 5.73 Å². The maximum absolute atomic E-state index is 13.9. The third-order valence-corrected chi connectivity index (χ3v) is 4.11. The van der Waals surface area contributed by atoms with Gasteiger partial charge < -0.3 is 5.73 Å². The van der Waals surface area contributed by atoms with Gasteiger partial charge in [0.15, 0.2) is 0 Å². The van der Waals surface area contributed by atoms with E-state index in [0.29, 0.717) is 5.56 Å². The average molecular weight is 252 g/mol. The lowest BCUT2D eigenvalue weighted by atomic mass is 9.83. The fourth-order valence-corrected chi connectivity index (χ4v) is 2.65. The van der Waals surface area contributed by atoms with Crippen LogP contribution in [0.3, 0.4) is 0 Å². The summed E-state index contributed by atoms with van der Waals surface area (Å²) in [6.45, 7) is 10.3. The van der Waals surface area contributed by atoms with Crippen LogP contribution in [0.5, 0.6) is 0 Å². The summed E-state index contributed by atoms with van der Waals surface area (Å²) >= 11 is 0. The lowest BCUT2D eigenvalue weighted by Crippen LogP contribution is -2.53. The van der Waals surface area contributed by atoms with E-state index in [-0.39, 0.29) is 17.4 Å². The first-order valence-corrected chi connectivity index (χ1v) is 6.76. The number of benzene rings is 1. The van der Waals surface area contributed by atoms with Crippen LogP contribution in [0.25, 0.3) is 0 Å². The normalized spacial score (nSPS) is 16.6. The summed E-state index contributed by atoms with van der Waals surface area (Å²) < 4.78 is 13.9. The molecule has 1 aromatic carbocycles. The third-order valence-electron chi connectivity index (χ3n) is 4.11. The maximum Gasteiger partial charge on any atom is 0.128 e. The number of halogens is 1. The first kappa shape index (κ1) is 15.1. The van der Waals surface area contributed by atoms with Gasteiger partial charge in [0.25, 0.3) is 0 Å². The molecule has 0 amide bonds. The molecule has 3 heteroatoms. The molecule has 2 atom stereocenters. The van der Waals surface area contributed by atoms with Crippen LogP contribution in [0, 0.1) is 5.82 Å². The fraction of sp³-hybridized carbons (Fsp3) is 0.600. The Hall–Kier alpha value is -0.930. The standard InChI is InChI=1S/C15H25FN2/c1-5-15(4,18(6-2)7-3)14(17)12-10-8-9-11-13(12)16/h8-11,14H,5-7,17H2,1-4H3. The Morgan fingerprint density at radius 2 is 1.78 bits per heavy atom. The molecule has 1 aromatic rings. The number of hydrogen-bond donors (Lipinski definition) is 1. The van der Waals surface area contributed by atoms with Crippen molar-refractivity contribution >= 4 is 0 Å². The Balaban J connectivity index is 3.12. The second kappa shape index (κ2) is 6.30. The number of rotatable bonds is 6. The lowest BCUT2D eigenvalue weighted by Gasteiger charge is -2.44. The van der Waals surface area contributed by atoms with E-state index in [1.165, 1.54) is 6.07 Å². The highest BCUT2D eigenvalue weighted by atomic mass is 19.1. The molecule has 0 aliphatic carbocycles. The van der Waals surface area contributed by atoms with Crippen LogP contribution >= 0.6 is 0 Å². The minimum atomic E-state index is -0.316. The summed E-state index contributed by atoms with van der Waals surface area (Å²) in [5.74, 6) is -0.211. The zero-order chi connectivity index (χ0) is 13.8. The van der Waals surface area contributed by atoms with Crippen molar-refractivity contribution < 1.29 is 4.39 Å². The topological polar surface area (TPSA) is 29.3 Å². The SMILES string of the molecule is CCN(CC)C(C)(CC)C(N)c1ccccc1F. The van der Waals surface area contributed by atoms with E-state index in [1.54, 1.807) is 12.1 Å². The predicted molar refractivity (Wildman–Crippen MR) is 74.9 cm³/mol. The van der Waals surface area contributed by atoms with Gasteiger partial charge in [-0.25, -0.2) is 4.39 Å². The summed E-state index contributed by atoms with van der Waals surface area (Å²) in [5, 5.41) is 0. The second-order valence-corrected chi connectivity index (χ2v) is 4.88. The van der Waals surface area contributed by atoms with Crippen molar-refractivity contribution in [1.29, 1.82) is 0 Å². The summed E-state index contributed by atoms with van der Waals surface area (Å²) in [6.07, 6.45) is 0.893. The smallest absolute Gasteiger partial charge is 0.128 e. The van der Waals surface area contributed by atoms with Crippen LogP contribution in [-0.4, -0.2) is 23.5 Å². The zero-order valence-corrected chi connectivity index (χ0v) is 11.9. The summed E-state index contributed by atoms with van der Waals surface area (Å²) in [7, 11) is 0. The number of nitrogens with zero attached hydrogens (tertiary/aromatic N) is 1. The molecule has 0 fully saturated rings. The quantitative estimate of drug-likeness (QED) is 0.841. The Kier molecular flexibility index (Phi) is 5.29. The van der Waals surface area contributed by atoms with Gasteiger partial charge in [0.1, 0.15) is 5.82 Å². The van der Waals surface area contributed by atoms with Gasteiger partial charge in [-0.05, 0) is 32.5 Å². The molecule has 18 heavy (non-hydrogen) atoms. The van der Waals surface area contributed by atoms with Gasteiger partial charge in [-0.15, -0.1) is 0 Å². The van der Waals surface area contributed by atoms with Crippen LogP contribution < -0.4 is 5.73 Å². The van der Waals surface area contributed by atoms with Crippen LogP contribution in [-0.2, 0) is 0 Å². The molecule has 0 bridgehead atoms. The summed E-state index contributed by atoms with van der Waals surface area (Å²) in [5.41, 5.74) is 6.74. The number of hydrogen-bond acceptors (Lipinski definition) is 2. The molecule has 0 saturated carbocycles. The van der Waals surface area contributed by atoms with Crippen molar-refractivity contribution in [2.45, 2.75) is 45.7 Å². The van der Waals surface area contributed by atoms with Crippen LogP contribution in [0.15, 0.2) is 24.3 Å². The third kappa shape index (κ3) is 2.73. The van der Waals surface area contributed by atoms with Gasteiger partial charge in [-0.2, -0.15) is 0 Å². The van der Waals surface area contributed by atoms with Crippen LogP contribution in [0.1, 0.15) is 45.7 Å². The molecular formula is C15H25FN2. The molecule has 0 heterocycles. The average Bonchev–Trinajstić information content (AvgIpc) is 2.39. The minimum absolute atomic E-state index is 0.211. The summed E-state index contributed by atoms with van der Waals surface area (Å²) in [4.78, 5) is 2.31. The maximum atomic E-state index is 13.9. The molecular weight excluding hydrogens is 227 g/mol. The molecule has 0 aromatic heterocycles. The molecule has 2 N–H and O–H groups in total. The molecule has 0 saturated heterocycles. The van der Waals surface area contributed by atoms with Gasteiger partial charge in [-0.1, -0.05) is 39.0 Å². The number of likely N-dealkylation sites (N-methyl/N-ethyl adjacent to an activating group) is 1. The molecule has 0 radical (unpaired) electrons. The van der Waals surface area contributed by atoms with Gasteiger partial charge in [0.05, 0.1) is 6.04 Å². The van der Waals surface area contributed by atoms with Gasteiger partial charge in [-0.3, -0.25) is 4.90 Å². The van der Waals surface area contributed by atoms with Gasteiger partial charge in [0.2, 0.25) is 0 Å². The van der Waals surface area contributed by atoms with Crippen molar-refractivity contribution in [3.05, 3.63) is 35.6 Å². The molecule has 2 nitrogen and oxygen atoms in total. The zero-order valence-electron chi connectivity index (χ0n) is 11.9. The predicted octanol–water partition coefficient (Wildman–Crippen LogP) is 3.34. The van der Waals surface area contributed by atoms with Crippen molar-refractivity contribution in [2.24, 2.45) is 5.73 Å². The Morgan fingerprint density at radius 3 is 2.22 bits per heavy atom.